The molecule has 0 aliphatic carbocycles. The maximum Gasteiger partial charge on any atom is 0.253 e. The monoisotopic (exact) mass is 543 g/mol. The van der Waals surface area contributed by atoms with Crippen molar-refractivity contribution >= 4 is 11.8 Å². The van der Waals surface area contributed by atoms with E-state index in [9.17, 15) is 18.4 Å². The van der Waals surface area contributed by atoms with Crippen LogP contribution in [0.15, 0.2) is 36.4 Å². The fraction of sp³-hybridized carbons (Fsp3) is 0.548. The minimum Gasteiger partial charge on any atom is -0.383 e. The number of methoxy groups -OCH3 is 1. The Bertz CT molecular complexity index is 1080. The summed E-state index contributed by atoms with van der Waals surface area (Å²) >= 11 is 0. The molecule has 2 atom stereocenters. The van der Waals surface area contributed by atoms with Gasteiger partial charge in [-0.3, -0.25) is 14.5 Å². The number of nitrogens with zero attached hydrogens (tertiary/aromatic N) is 2. The third-order valence-electron chi connectivity index (χ3n) is 7.22. The summed E-state index contributed by atoms with van der Waals surface area (Å²) < 4.78 is 33.2. The lowest BCUT2D eigenvalue weighted by atomic mass is 10.0. The molecule has 2 aromatic rings. The van der Waals surface area contributed by atoms with Crippen LogP contribution in [0.5, 0.6) is 0 Å². The quantitative estimate of drug-likeness (QED) is 0.348. The number of rotatable bonds is 14. The molecule has 1 saturated heterocycles. The Kier molecular flexibility index (Phi) is 11.9. The Balaban J connectivity index is 1.80. The van der Waals surface area contributed by atoms with Crippen molar-refractivity contribution in [3.05, 3.63) is 70.3 Å². The number of nitrogens with one attached hydrogen (secondary N) is 1. The molecule has 0 radical (unpaired) electrons. The predicted octanol–water partition coefficient (Wildman–Crippen LogP) is 5.38. The van der Waals surface area contributed by atoms with Gasteiger partial charge in [-0.1, -0.05) is 13.8 Å². The Hall–Kier alpha value is -2.84. The van der Waals surface area contributed by atoms with Crippen LogP contribution in [-0.2, 0) is 11.2 Å². The van der Waals surface area contributed by atoms with Crippen molar-refractivity contribution in [1.82, 2.24) is 15.1 Å². The first-order chi connectivity index (χ1) is 18.7. The van der Waals surface area contributed by atoms with Gasteiger partial charge in [0.05, 0.1) is 6.61 Å². The van der Waals surface area contributed by atoms with Crippen molar-refractivity contribution in [3.8, 4) is 0 Å². The first-order valence-electron chi connectivity index (χ1n) is 14.1. The number of halogens is 2. The average Bonchev–Trinajstić information content (AvgIpc) is 3.33. The minimum atomic E-state index is -0.639. The second-order valence-electron chi connectivity index (χ2n) is 10.6. The van der Waals surface area contributed by atoms with E-state index in [1.54, 1.807) is 19.2 Å². The highest BCUT2D eigenvalue weighted by Crippen LogP contribution is 2.20. The number of likely N-dealkylation sites (tertiary alicyclic amines) is 1. The van der Waals surface area contributed by atoms with Gasteiger partial charge < -0.3 is 15.0 Å². The maximum absolute atomic E-state index is 13.9. The summed E-state index contributed by atoms with van der Waals surface area (Å²) in [6.45, 7) is 9.61. The first-order valence-corrected chi connectivity index (χ1v) is 14.1. The van der Waals surface area contributed by atoms with Gasteiger partial charge in [0.1, 0.15) is 11.6 Å². The van der Waals surface area contributed by atoms with Crippen LogP contribution in [0.2, 0.25) is 0 Å². The molecule has 1 heterocycles. The Morgan fingerprint density at radius 3 is 2.36 bits per heavy atom. The Morgan fingerprint density at radius 2 is 1.72 bits per heavy atom. The number of hydrogen-bond acceptors (Lipinski definition) is 4. The lowest BCUT2D eigenvalue weighted by Crippen LogP contribution is -2.41. The Morgan fingerprint density at radius 1 is 1.05 bits per heavy atom. The van der Waals surface area contributed by atoms with Crippen LogP contribution in [0.25, 0.3) is 0 Å². The van der Waals surface area contributed by atoms with Crippen LogP contribution in [0, 0.1) is 18.6 Å². The smallest absolute Gasteiger partial charge is 0.253 e. The van der Waals surface area contributed by atoms with Gasteiger partial charge in [-0.05, 0) is 93.5 Å². The van der Waals surface area contributed by atoms with Crippen LogP contribution < -0.4 is 5.32 Å². The molecule has 1 aliphatic heterocycles. The molecule has 3 rings (SSSR count). The number of carbonyl (C=O) groups excluding carboxylic acids is 2. The van der Waals surface area contributed by atoms with Gasteiger partial charge in [0.25, 0.3) is 11.8 Å². The third-order valence-corrected chi connectivity index (χ3v) is 7.22. The molecular weight excluding hydrogens is 500 g/mol. The molecule has 214 valence electrons. The summed E-state index contributed by atoms with van der Waals surface area (Å²) in [5.74, 6) is -1.66. The van der Waals surface area contributed by atoms with Crippen molar-refractivity contribution in [2.24, 2.45) is 0 Å². The van der Waals surface area contributed by atoms with Crippen LogP contribution >= 0.6 is 0 Å². The van der Waals surface area contributed by atoms with E-state index in [2.05, 4.69) is 10.2 Å². The number of benzene rings is 2. The number of ether oxygens (including phenoxy) is 1. The van der Waals surface area contributed by atoms with Crippen molar-refractivity contribution in [2.45, 2.75) is 71.4 Å². The molecule has 39 heavy (non-hydrogen) atoms. The molecule has 6 nitrogen and oxygen atoms in total. The number of aryl methyl sites for hydroxylation is 1. The molecule has 0 spiro atoms. The van der Waals surface area contributed by atoms with Crippen LogP contribution in [0.1, 0.15) is 77.8 Å². The summed E-state index contributed by atoms with van der Waals surface area (Å²) in [6.07, 6.45) is 4.77. The van der Waals surface area contributed by atoms with Gasteiger partial charge in [-0.2, -0.15) is 0 Å². The molecule has 0 saturated carbocycles. The fourth-order valence-electron chi connectivity index (χ4n) is 5.47. The van der Waals surface area contributed by atoms with Crippen LogP contribution in [0.3, 0.4) is 0 Å². The summed E-state index contributed by atoms with van der Waals surface area (Å²) in [5, 5.41) is 3.10. The average molecular weight is 544 g/mol. The zero-order valence-corrected chi connectivity index (χ0v) is 23.8. The largest absolute Gasteiger partial charge is 0.383 e. The van der Waals surface area contributed by atoms with Gasteiger partial charge in [0.2, 0.25) is 0 Å². The molecule has 2 unspecified atom stereocenters. The number of carbonyl (C=O) groups is 2. The molecule has 2 amide bonds. The van der Waals surface area contributed by atoms with E-state index < -0.39 is 11.6 Å². The Labute approximate surface area is 231 Å². The van der Waals surface area contributed by atoms with E-state index in [0.29, 0.717) is 55.3 Å². The molecule has 8 heteroatoms. The van der Waals surface area contributed by atoms with Gasteiger partial charge in [0, 0.05) is 56.0 Å². The van der Waals surface area contributed by atoms with Crippen molar-refractivity contribution < 1.29 is 23.1 Å². The summed E-state index contributed by atoms with van der Waals surface area (Å²) in [5.41, 5.74) is 2.20. The molecule has 2 aromatic carbocycles. The number of amides is 2. The molecule has 1 fully saturated rings. The molecule has 0 aromatic heterocycles. The standard InChI is InChI=1S/C31H43F2N3O3/c1-5-10-36(11-6-2)31(38)25-15-22(3)14-24(19-25)30(37)34-28(18-23-16-26(32)20-27(33)17-23)9-13-35-12-7-8-29(35)21-39-4/h14-17,19-20,28-29H,5-13,18,21H2,1-4H3,(H,34,37). The number of hydrogen-bond donors (Lipinski definition) is 1. The van der Waals surface area contributed by atoms with E-state index in [4.69, 9.17) is 4.74 Å². The van der Waals surface area contributed by atoms with E-state index >= 15 is 0 Å². The van der Waals surface area contributed by atoms with Crippen LogP contribution in [0.4, 0.5) is 8.78 Å². The van der Waals surface area contributed by atoms with Gasteiger partial charge >= 0.3 is 0 Å². The summed E-state index contributed by atoms with van der Waals surface area (Å²) in [7, 11) is 1.70. The highest BCUT2D eigenvalue weighted by molar-refractivity contribution is 6.00. The minimum absolute atomic E-state index is 0.0820. The van der Waals surface area contributed by atoms with E-state index in [1.807, 2.05) is 31.7 Å². The summed E-state index contributed by atoms with van der Waals surface area (Å²) in [6, 6.07) is 8.68. The van der Waals surface area contributed by atoms with E-state index in [1.165, 1.54) is 12.1 Å². The van der Waals surface area contributed by atoms with Crippen molar-refractivity contribution in [2.75, 3.05) is 39.9 Å². The van der Waals surface area contributed by atoms with E-state index in [-0.39, 0.29) is 17.9 Å². The first kappa shape index (κ1) is 30.7. The summed E-state index contributed by atoms with van der Waals surface area (Å²) in [4.78, 5) is 30.9. The SMILES string of the molecule is CCCN(CCC)C(=O)c1cc(C)cc(C(=O)NC(CCN2CCCC2COC)Cc2cc(F)cc(F)c2)c1. The van der Waals surface area contributed by atoms with Gasteiger partial charge in [-0.15, -0.1) is 0 Å². The molecule has 0 bridgehead atoms. The lowest BCUT2D eigenvalue weighted by Gasteiger charge is -2.27. The second-order valence-corrected chi connectivity index (χ2v) is 10.6. The van der Waals surface area contributed by atoms with E-state index in [0.717, 1.165) is 50.4 Å². The van der Waals surface area contributed by atoms with Crippen molar-refractivity contribution in [3.63, 3.8) is 0 Å². The lowest BCUT2D eigenvalue weighted by molar-refractivity contribution is 0.0755. The zero-order chi connectivity index (χ0) is 28.4. The molecule has 1 N–H and O–H groups in total. The normalized spacial score (nSPS) is 16.3. The van der Waals surface area contributed by atoms with Crippen molar-refractivity contribution in [1.29, 1.82) is 0 Å². The third kappa shape index (κ3) is 9.11. The van der Waals surface area contributed by atoms with Gasteiger partial charge in [-0.25, -0.2) is 8.78 Å². The molecule has 1 aliphatic rings. The topological polar surface area (TPSA) is 61.9 Å². The van der Waals surface area contributed by atoms with Gasteiger partial charge in [0.15, 0.2) is 0 Å². The predicted molar refractivity (Wildman–Crippen MR) is 150 cm³/mol. The maximum atomic E-state index is 13.9. The molecular formula is C31H43F2N3O3. The highest BCUT2D eigenvalue weighted by atomic mass is 19.1. The van der Waals surface area contributed by atoms with Crippen LogP contribution in [-0.4, -0.2) is 73.6 Å². The second kappa shape index (κ2) is 15.1. The highest BCUT2D eigenvalue weighted by Gasteiger charge is 2.26. The fourth-order valence-corrected chi connectivity index (χ4v) is 5.47. The zero-order valence-electron chi connectivity index (χ0n) is 23.8.